The number of rotatable bonds is 12. The van der Waals surface area contributed by atoms with E-state index in [2.05, 4.69) is 10.2 Å². The molecule has 3 aromatic carbocycles. The summed E-state index contributed by atoms with van der Waals surface area (Å²) in [6.45, 7) is 2.22. The number of amidine groups is 1. The van der Waals surface area contributed by atoms with Crippen LogP contribution in [0.3, 0.4) is 0 Å². The van der Waals surface area contributed by atoms with Crippen molar-refractivity contribution in [3.63, 3.8) is 0 Å². The first-order valence-corrected chi connectivity index (χ1v) is 13.6. The molecule has 0 saturated carbocycles. The van der Waals surface area contributed by atoms with Crippen molar-refractivity contribution in [1.82, 2.24) is 10.2 Å². The number of hydrogen-bond acceptors (Lipinski definition) is 10. The van der Waals surface area contributed by atoms with E-state index in [1.807, 2.05) is 0 Å². The Bertz CT molecular complexity index is 1610. The highest BCUT2D eigenvalue weighted by Gasteiger charge is 2.50. The minimum absolute atomic E-state index is 0.0237. The summed E-state index contributed by atoms with van der Waals surface area (Å²) in [4.78, 5) is 57.2. The Morgan fingerprint density at radius 2 is 1.59 bits per heavy atom. The summed E-state index contributed by atoms with van der Waals surface area (Å²) in [5, 5.41) is 10.2. The third kappa shape index (κ3) is 7.18. The fourth-order valence-electron chi connectivity index (χ4n) is 4.29. The third-order valence-corrected chi connectivity index (χ3v) is 6.44. The second-order valence-electron chi connectivity index (χ2n) is 9.50. The molecular formula is C30H28F3N5O8. The first-order valence-electron chi connectivity index (χ1n) is 13.6. The highest BCUT2D eigenvalue weighted by atomic mass is 19.4. The maximum Gasteiger partial charge on any atom is 0.493 e. The number of nitrogen functional groups attached to an aromatic ring is 1. The van der Waals surface area contributed by atoms with Crippen LogP contribution < -0.4 is 20.5 Å². The summed E-state index contributed by atoms with van der Waals surface area (Å²) in [6.07, 6.45) is -5.61. The van der Waals surface area contributed by atoms with E-state index in [1.165, 1.54) is 73.8 Å². The summed E-state index contributed by atoms with van der Waals surface area (Å²) in [6, 6.07) is 13.5. The first kappa shape index (κ1) is 33.3. The van der Waals surface area contributed by atoms with Gasteiger partial charge in [-0.05, 0) is 61.0 Å². The molecule has 1 heterocycles. The number of hydrogen-bond donors (Lipinski definition) is 3. The Hall–Kier alpha value is -5.64. The van der Waals surface area contributed by atoms with Gasteiger partial charge in [0.05, 0.1) is 24.3 Å². The number of hydrazine groups is 1. The van der Waals surface area contributed by atoms with Gasteiger partial charge in [-0.25, -0.2) is 4.79 Å². The fourth-order valence-corrected chi connectivity index (χ4v) is 4.29. The molecule has 1 aliphatic heterocycles. The number of alkyl halides is 3. The Morgan fingerprint density at radius 1 is 0.957 bits per heavy atom. The maximum absolute atomic E-state index is 14.2. The smallest absolute Gasteiger partial charge is 0.490 e. The monoisotopic (exact) mass is 643 g/mol. The topological polar surface area (TPSA) is 174 Å². The molecule has 4 N–H and O–H groups in total. The number of carbonyl (C=O) groups excluding carboxylic acids is 4. The molecule has 4 rings (SSSR count). The Labute approximate surface area is 260 Å². The fraction of sp³-hybridized carbons (Fsp3) is 0.233. The summed E-state index contributed by atoms with van der Waals surface area (Å²) >= 11 is 0. The van der Waals surface area contributed by atoms with Crippen molar-refractivity contribution < 1.29 is 51.4 Å². The van der Waals surface area contributed by atoms with Crippen LogP contribution >= 0.6 is 0 Å². The molecule has 0 spiro atoms. The molecule has 3 amide bonds. The third-order valence-electron chi connectivity index (χ3n) is 6.44. The number of anilines is 1. The molecular weight excluding hydrogens is 615 g/mol. The number of imide groups is 1. The van der Waals surface area contributed by atoms with Crippen LogP contribution in [0.1, 0.15) is 44.8 Å². The van der Waals surface area contributed by atoms with Crippen LogP contribution in [0.5, 0.6) is 11.5 Å². The number of amides is 3. The highest BCUT2D eigenvalue weighted by Crippen LogP contribution is 2.35. The zero-order valence-electron chi connectivity index (χ0n) is 24.4. The SMILES string of the molecule is CCOc1cc(C(Nc2ccc(C(=N)N)cc2)C(=O)N(OC(=O)C(F)(F)F)N2C(=O)c3ccccc3C2=O)ccc1OCCOC. The number of nitrogens with zero attached hydrogens (tertiary/aromatic N) is 2. The molecule has 1 atom stereocenters. The van der Waals surface area contributed by atoms with Gasteiger partial charge >= 0.3 is 18.1 Å². The minimum atomic E-state index is -5.61. The van der Waals surface area contributed by atoms with Crippen LogP contribution in [0.4, 0.5) is 18.9 Å². The number of methoxy groups -OCH3 is 1. The van der Waals surface area contributed by atoms with E-state index >= 15 is 0 Å². The van der Waals surface area contributed by atoms with Crippen LogP contribution in [0.15, 0.2) is 66.7 Å². The van der Waals surface area contributed by atoms with Gasteiger partial charge in [0.25, 0.3) is 11.8 Å². The number of hydroxylamine groups is 1. The second kappa shape index (κ2) is 14.0. The van der Waals surface area contributed by atoms with E-state index in [0.717, 1.165) is 0 Å². The number of nitrogens with one attached hydrogen (secondary N) is 2. The molecule has 16 heteroatoms. The number of carbonyl (C=O) groups is 4. The van der Waals surface area contributed by atoms with Crippen molar-refractivity contribution in [1.29, 1.82) is 5.41 Å². The number of benzene rings is 3. The van der Waals surface area contributed by atoms with Crippen LogP contribution in [-0.2, 0) is 19.2 Å². The average Bonchev–Trinajstić information content (AvgIpc) is 3.28. The van der Waals surface area contributed by atoms with Gasteiger partial charge in [-0.3, -0.25) is 19.8 Å². The van der Waals surface area contributed by atoms with Crippen LogP contribution in [-0.4, -0.2) is 72.8 Å². The van der Waals surface area contributed by atoms with Crippen molar-refractivity contribution in [2.75, 3.05) is 32.2 Å². The normalized spacial score (nSPS) is 13.1. The summed E-state index contributed by atoms with van der Waals surface area (Å²) < 4.78 is 56.6. The zero-order chi connectivity index (χ0) is 33.6. The molecule has 13 nitrogen and oxygen atoms in total. The minimum Gasteiger partial charge on any atom is -0.490 e. The van der Waals surface area contributed by atoms with Crippen LogP contribution in [0.25, 0.3) is 0 Å². The number of fused-ring (bicyclic) bond motifs is 1. The van der Waals surface area contributed by atoms with E-state index in [0.29, 0.717) is 5.56 Å². The first-order chi connectivity index (χ1) is 21.9. The largest absolute Gasteiger partial charge is 0.493 e. The van der Waals surface area contributed by atoms with Gasteiger partial charge in [0.15, 0.2) is 11.5 Å². The number of halogens is 3. The van der Waals surface area contributed by atoms with Gasteiger partial charge in [0, 0.05) is 18.4 Å². The van der Waals surface area contributed by atoms with E-state index in [4.69, 9.17) is 25.4 Å². The van der Waals surface area contributed by atoms with E-state index in [-0.39, 0.29) is 69.7 Å². The van der Waals surface area contributed by atoms with E-state index in [1.54, 1.807) is 6.92 Å². The lowest BCUT2D eigenvalue weighted by Crippen LogP contribution is -2.54. The second-order valence-corrected chi connectivity index (χ2v) is 9.50. The molecule has 0 aromatic heterocycles. The molecule has 0 radical (unpaired) electrons. The van der Waals surface area contributed by atoms with Crippen molar-refractivity contribution >= 4 is 35.2 Å². The molecule has 1 unspecified atom stereocenters. The molecule has 0 saturated heterocycles. The number of ether oxygens (including phenoxy) is 3. The van der Waals surface area contributed by atoms with Gasteiger partial charge < -0.3 is 30.1 Å². The van der Waals surface area contributed by atoms with Crippen LogP contribution in [0.2, 0.25) is 0 Å². The lowest BCUT2D eigenvalue weighted by Gasteiger charge is -2.31. The van der Waals surface area contributed by atoms with Gasteiger partial charge in [-0.2, -0.15) is 13.2 Å². The van der Waals surface area contributed by atoms with Gasteiger partial charge in [0.1, 0.15) is 18.5 Å². The average molecular weight is 644 g/mol. The van der Waals surface area contributed by atoms with E-state index in [9.17, 15) is 32.3 Å². The van der Waals surface area contributed by atoms with Crippen molar-refractivity contribution in [3.05, 3.63) is 89.0 Å². The summed E-state index contributed by atoms with van der Waals surface area (Å²) in [5.74, 6) is -6.59. The highest BCUT2D eigenvalue weighted by molar-refractivity contribution is 6.21. The van der Waals surface area contributed by atoms with Gasteiger partial charge in [-0.15, -0.1) is 5.01 Å². The van der Waals surface area contributed by atoms with Crippen molar-refractivity contribution in [3.8, 4) is 11.5 Å². The van der Waals surface area contributed by atoms with Crippen molar-refractivity contribution in [2.45, 2.75) is 19.1 Å². The lowest BCUT2D eigenvalue weighted by atomic mass is 10.0. The van der Waals surface area contributed by atoms with E-state index < -0.39 is 35.9 Å². The molecule has 0 bridgehead atoms. The lowest BCUT2D eigenvalue weighted by molar-refractivity contribution is -0.263. The van der Waals surface area contributed by atoms with Crippen LogP contribution in [0, 0.1) is 5.41 Å². The quantitative estimate of drug-likeness (QED) is 0.0870. The molecule has 0 fully saturated rings. The molecule has 242 valence electrons. The Kier molecular flexibility index (Phi) is 10.1. The molecule has 1 aliphatic rings. The maximum atomic E-state index is 14.2. The summed E-state index contributed by atoms with van der Waals surface area (Å²) in [5.41, 5.74) is 5.64. The Balaban J connectivity index is 1.82. The van der Waals surface area contributed by atoms with Gasteiger partial charge in [0.2, 0.25) is 0 Å². The number of nitrogens with two attached hydrogens (primary N) is 1. The van der Waals surface area contributed by atoms with Gasteiger partial charge in [-0.1, -0.05) is 23.4 Å². The molecule has 0 aliphatic carbocycles. The summed E-state index contributed by atoms with van der Waals surface area (Å²) in [7, 11) is 1.48. The van der Waals surface area contributed by atoms with Crippen molar-refractivity contribution in [2.24, 2.45) is 5.73 Å². The standard InChI is InChI=1S/C30H28F3N5O8/c1-3-44-23-16-18(10-13-22(23)45-15-14-43-2)24(36-19-11-8-17(9-12-19)25(34)35)28(41)38(46-29(42)30(31,32)33)37-26(39)20-6-4-5-7-21(20)27(37)40/h4-13,16,24,36H,3,14-15H2,1-2H3,(H3,34,35). The molecule has 46 heavy (non-hydrogen) atoms. The predicted octanol–water partition coefficient (Wildman–Crippen LogP) is 3.61. The predicted molar refractivity (Wildman–Crippen MR) is 155 cm³/mol. The molecule has 3 aromatic rings. The Morgan fingerprint density at radius 3 is 2.13 bits per heavy atom. The zero-order valence-corrected chi connectivity index (χ0v) is 24.4.